The summed E-state index contributed by atoms with van der Waals surface area (Å²) in [6.45, 7) is 9.65. The maximum absolute atomic E-state index is 5.83. The first-order valence-corrected chi connectivity index (χ1v) is 16.7. The molecule has 234 valence electrons. The summed E-state index contributed by atoms with van der Waals surface area (Å²) in [5, 5.41) is 0. The summed E-state index contributed by atoms with van der Waals surface area (Å²) in [5.41, 5.74) is 0.336. The number of hydrogen-bond donors (Lipinski definition) is 0. The van der Waals surface area contributed by atoms with Crippen molar-refractivity contribution >= 4 is 0 Å². The molecule has 0 spiro atoms. The molecule has 4 heteroatoms. The standard InChI is InChI=1S/C37H62O4/c1-4-7-29-38-32-20-26-37(27-21-33-39-30-8-5-2,28-22-34-40-31-9-6-3)25-18-13-11-10-12-14-19-35-41-36-23-16-15-17-24-36/h7-9,15-17,23-24,29-31H,4-6,10-14,18-22,25-28,32-35H2,1-3H3. The van der Waals surface area contributed by atoms with Crippen LogP contribution in [0.1, 0.15) is 130 Å². The number of allylic oxidation sites excluding steroid dienone is 3. The average molecular weight is 571 g/mol. The Morgan fingerprint density at radius 1 is 0.488 bits per heavy atom. The molecule has 0 aliphatic carbocycles. The number of unbranched alkanes of at least 4 members (excludes halogenated alkanes) is 6. The number of para-hydroxylation sites is 1. The molecule has 0 amide bonds. The highest BCUT2D eigenvalue weighted by molar-refractivity contribution is 5.20. The minimum Gasteiger partial charge on any atom is -0.502 e. The molecule has 0 heterocycles. The molecule has 0 bridgehead atoms. The molecule has 0 unspecified atom stereocenters. The monoisotopic (exact) mass is 570 g/mol. The summed E-state index contributed by atoms with van der Waals surface area (Å²) < 4.78 is 23.2. The number of benzene rings is 1. The van der Waals surface area contributed by atoms with Crippen molar-refractivity contribution in [3.8, 4) is 5.75 Å². The summed E-state index contributed by atoms with van der Waals surface area (Å²) >= 11 is 0. The molecule has 4 nitrogen and oxygen atoms in total. The van der Waals surface area contributed by atoms with Gasteiger partial charge < -0.3 is 18.9 Å². The van der Waals surface area contributed by atoms with Gasteiger partial charge in [-0.3, -0.25) is 0 Å². The van der Waals surface area contributed by atoms with Crippen LogP contribution in [-0.4, -0.2) is 26.4 Å². The van der Waals surface area contributed by atoms with Gasteiger partial charge in [0.25, 0.3) is 0 Å². The molecule has 0 aliphatic rings. The van der Waals surface area contributed by atoms with E-state index >= 15 is 0 Å². The van der Waals surface area contributed by atoms with Crippen LogP contribution in [-0.2, 0) is 14.2 Å². The van der Waals surface area contributed by atoms with Crippen LogP contribution in [0.3, 0.4) is 0 Å². The second kappa shape index (κ2) is 27.8. The first kappa shape index (κ1) is 36.7. The topological polar surface area (TPSA) is 36.9 Å². The molecule has 0 aliphatic heterocycles. The van der Waals surface area contributed by atoms with Gasteiger partial charge in [0.2, 0.25) is 0 Å². The van der Waals surface area contributed by atoms with Crippen LogP contribution in [0.15, 0.2) is 67.3 Å². The smallest absolute Gasteiger partial charge is 0.119 e. The van der Waals surface area contributed by atoms with E-state index in [-0.39, 0.29) is 0 Å². The van der Waals surface area contributed by atoms with Crippen molar-refractivity contribution < 1.29 is 18.9 Å². The van der Waals surface area contributed by atoms with E-state index in [0.29, 0.717) is 5.41 Å². The first-order valence-electron chi connectivity index (χ1n) is 16.7. The van der Waals surface area contributed by atoms with Crippen molar-refractivity contribution in [2.75, 3.05) is 26.4 Å². The van der Waals surface area contributed by atoms with Crippen LogP contribution in [0.2, 0.25) is 0 Å². The minimum atomic E-state index is 0.336. The predicted molar refractivity (Wildman–Crippen MR) is 175 cm³/mol. The third-order valence-electron chi connectivity index (χ3n) is 7.56. The lowest BCUT2D eigenvalue weighted by atomic mass is 9.71. The molecule has 0 fully saturated rings. The van der Waals surface area contributed by atoms with Crippen LogP contribution in [0.5, 0.6) is 5.75 Å². The SMILES string of the molecule is CCC=COCCCC(CCCCCCCCCOc1ccccc1)(CCCOC=CCC)CCCOC=CCC. The fourth-order valence-electron chi connectivity index (χ4n) is 5.23. The summed E-state index contributed by atoms with van der Waals surface area (Å²) in [6, 6.07) is 10.1. The van der Waals surface area contributed by atoms with Crippen LogP contribution in [0.4, 0.5) is 0 Å². The molecule has 0 saturated carbocycles. The maximum Gasteiger partial charge on any atom is 0.119 e. The van der Waals surface area contributed by atoms with Gasteiger partial charge in [-0.15, -0.1) is 0 Å². The molecular formula is C37H62O4. The van der Waals surface area contributed by atoms with E-state index < -0.39 is 0 Å². The third-order valence-corrected chi connectivity index (χ3v) is 7.56. The zero-order valence-corrected chi connectivity index (χ0v) is 26.8. The molecule has 1 aromatic rings. The van der Waals surface area contributed by atoms with E-state index in [9.17, 15) is 0 Å². The van der Waals surface area contributed by atoms with Gasteiger partial charge >= 0.3 is 0 Å². The lowest BCUT2D eigenvalue weighted by Gasteiger charge is -2.35. The number of ether oxygens (including phenoxy) is 4. The molecule has 0 N–H and O–H groups in total. The Morgan fingerprint density at radius 2 is 0.902 bits per heavy atom. The van der Waals surface area contributed by atoms with Gasteiger partial charge in [0.15, 0.2) is 0 Å². The quantitative estimate of drug-likeness (QED) is 0.0709. The molecular weight excluding hydrogens is 508 g/mol. The van der Waals surface area contributed by atoms with E-state index in [4.69, 9.17) is 18.9 Å². The Hall–Kier alpha value is -2.36. The van der Waals surface area contributed by atoms with Crippen LogP contribution >= 0.6 is 0 Å². The molecule has 41 heavy (non-hydrogen) atoms. The molecule has 0 aromatic heterocycles. The van der Waals surface area contributed by atoms with Gasteiger partial charge in [-0.1, -0.05) is 95.7 Å². The lowest BCUT2D eigenvalue weighted by Crippen LogP contribution is -2.23. The highest BCUT2D eigenvalue weighted by atomic mass is 16.5. The minimum absolute atomic E-state index is 0.336. The second-order valence-electron chi connectivity index (χ2n) is 11.1. The van der Waals surface area contributed by atoms with Gasteiger partial charge in [0, 0.05) is 0 Å². The van der Waals surface area contributed by atoms with Crippen molar-refractivity contribution in [3.63, 3.8) is 0 Å². The van der Waals surface area contributed by atoms with Crippen molar-refractivity contribution in [1.29, 1.82) is 0 Å². The Kier molecular flexibility index (Phi) is 24.9. The highest BCUT2D eigenvalue weighted by Gasteiger charge is 2.28. The number of rotatable bonds is 29. The average Bonchev–Trinajstić information content (AvgIpc) is 3.00. The van der Waals surface area contributed by atoms with Gasteiger partial charge in [-0.2, -0.15) is 0 Å². The predicted octanol–water partition coefficient (Wildman–Crippen LogP) is 11.3. The maximum atomic E-state index is 5.83. The van der Waals surface area contributed by atoms with Crippen LogP contribution in [0.25, 0.3) is 0 Å². The summed E-state index contributed by atoms with van der Waals surface area (Å²) in [6.07, 6.45) is 32.2. The van der Waals surface area contributed by atoms with Crippen molar-refractivity contribution in [1.82, 2.24) is 0 Å². The normalized spacial score (nSPS) is 13.2. The van der Waals surface area contributed by atoms with Gasteiger partial charge in [-0.05, 0) is 88.2 Å². The Bertz CT molecular complexity index is 700. The van der Waals surface area contributed by atoms with E-state index in [0.717, 1.165) is 77.1 Å². The molecule has 0 atom stereocenters. The first-order chi connectivity index (χ1) is 20.3. The van der Waals surface area contributed by atoms with Gasteiger partial charge in [0.05, 0.1) is 45.2 Å². The van der Waals surface area contributed by atoms with Crippen molar-refractivity contribution in [2.24, 2.45) is 5.41 Å². The molecule has 0 saturated heterocycles. The zero-order valence-electron chi connectivity index (χ0n) is 26.8. The van der Waals surface area contributed by atoms with Crippen molar-refractivity contribution in [2.45, 2.75) is 130 Å². The third kappa shape index (κ3) is 22.0. The van der Waals surface area contributed by atoms with Crippen LogP contribution in [0, 0.1) is 5.41 Å². The highest BCUT2D eigenvalue weighted by Crippen LogP contribution is 2.40. The second-order valence-corrected chi connectivity index (χ2v) is 11.1. The van der Waals surface area contributed by atoms with E-state index in [1.807, 2.05) is 49.1 Å². The summed E-state index contributed by atoms with van der Waals surface area (Å²) in [4.78, 5) is 0. The molecule has 0 radical (unpaired) electrons. The number of hydrogen-bond acceptors (Lipinski definition) is 4. The Morgan fingerprint density at radius 3 is 1.37 bits per heavy atom. The van der Waals surface area contributed by atoms with Crippen LogP contribution < -0.4 is 4.74 Å². The van der Waals surface area contributed by atoms with Gasteiger partial charge in [0.1, 0.15) is 5.75 Å². The summed E-state index contributed by atoms with van der Waals surface area (Å²) in [7, 11) is 0. The lowest BCUT2D eigenvalue weighted by molar-refractivity contribution is 0.124. The Balaban J connectivity index is 2.50. The zero-order chi connectivity index (χ0) is 29.5. The largest absolute Gasteiger partial charge is 0.502 e. The van der Waals surface area contributed by atoms with E-state index in [1.165, 1.54) is 64.2 Å². The van der Waals surface area contributed by atoms with E-state index in [2.05, 4.69) is 39.0 Å². The summed E-state index contributed by atoms with van der Waals surface area (Å²) in [5.74, 6) is 0.980. The Labute approximate surface area is 253 Å². The van der Waals surface area contributed by atoms with E-state index in [1.54, 1.807) is 0 Å². The van der Waals surface area contributed by atoms with Crippen molar-refractivity contribution in [3.05, 3.63) is 67.3 Å². The fourth-order valence-corrected chi connectivity index (χ4v) is 5.23. The van der Waals surface area contributed by atoms with Gasteiger partial charge in [-0.25, -0.2) is 0 Å². The fraction of sp³-hybridized carbons (Fsp3) is 0.676. The molecule has 1 aromatic carbocycles. The molecule has 1 rings (SSSR count).